The second-order valence-corrected chi connectivity index (χ2v) is 12.4. The van der Waals surface area contributed by atoms with Crippen LogP contribution in [0.25, 0.3) is 0 Å². The van der Waals surface area contributed by atoms with E-state index in [2.05, 4.69) is 0 Å². The van der Waals surface area contributed by atoms with E-state index in [9.17, 15) is 33.9 Å². The Morgan fingerprint density at radius 3 is 1.93 bits per heavy atom. The quantitative estimate of drug-likeness (QED) is 0.191. The van der Waals surface area contributed by atoms with Crippen LogP contribution in [-0.4, -0.2) is 95.4 Å². The highest BCUT2D eigenvalue weighted by Gasteiger charge is 2.78. The molecule has 0 aromatic rings. The van der Waals surface area contributed by atoms with Gasteiger partial charge in [-0.15, -0.1) is 0 Å². The van der Waals surface area contributed by atoms with Gasteiger partial charge in [-0.05, 0) is 19.9 Å². The highest BCUT2D eigenvalue weighted by Crippen LogP contribution is 2.65. The number of carbonyl (C=O) groups is 6. The first-order valence-electron chi connectivity index (χ1n) is 14.5. The molecule has 0 radical (unpaired) electrons. The van der Waals surface area contributed by atoms with Crippen molar-refractivity contribution in [2.24, 2.45) is 17.3 Å². The molecule has 11 atom stereocenters. The first-order valence-corrected chi connectivity index (χ1v) is 14.5. The lowest BCUT2D eigenvalue weighted by Gasteiger charge is -2.55. The summed E-state index contributed by atoms with van der Waals surface area (Å²) >= 11 is 0. The summed E-state index contributed by atoms with van der Waals surface area (Å²) in [6, 6.07) is 0. The second kappa shape index (κ2) is 11.8. The van der Waals surface area contributed by atoms with E-state index < -0.39 is 107 Å². The van der Waals surface area contributed by atoms with Gasteiger partial charge >= 0.3 is 35.8 Å². The molecule has 3 fully saturated rings. The van der Waals surface area contributed by atoms with Crippen LogP contribution in [0.3, 0.4) is 0 Å². The summed E-state index contributed by atoms with van der Waals surface area (Å²) in [5.74, 6) is -6.74. The molecule has 14 heteroatoms. The van der Waals surface area contributed by atoms with Crippen molar-refractivity contribution in [3.05, 3.63) is 11.6 Å². The minimum Gasteiger partial charge on any atom is -0.462 e. The zero-order chi connectivity index (χ0) is 32.9. The molecule has 1 saturated carbocycles. The average molecular weight is 625 g/mol. The number of ether oxygens (including phenoxy) is 7. The number of hydrogen-bond acceptors (Lipinski definition) is 14. The molecule has 14 nitrogen and oxygen atoms in total. The fourth-order valence-electron chi connectivity index (χ4n) is 7.37. The number of epoxide rings is 1. The van der Waals surface area contributed by atoms with Crippen molar-refractivity contribution in [3.63, 3.8) is 0 Å². The predicted molar refractivity (Wildman–Crippen MR) is 145 cm³/mol. The van der Waals surface area contributed by atoms with Gasteiger partial charge < -0.3 is 38.3 Å². The molecule has 1 N–H and O–H groups in total. The van der Waals surface area contributed by atoms with E-state index in [4.69, 9.17) is 33.2 Å². The van der Waals surface area contributed by atoms with Crippen LogP contribution in [0, 0.1) is 17.3 Å². The smallest absolute Gasteiger partial charge is 0.312 e. The average Bonchev–Trinajstić information content (AvgIpc) is 3.49. The third-order valence-electron chi connectivity index (χ3n) is 9.45. The number of carbonyl (C=O) groups excluding carboxylic acids is 6. The van der Waals surface area contributed by atoms with Crippen LogP contribution in [0.5, 0.6) is 0 Å². The minimum atomic E-state index is -2.27. The van der Waals surface area contributed by atoms with Gasteiger partial charge in [0, 0.05) is 59.0 Å². The summed E-state index contributed by atoms with van der Waals surface area (Å²) < 4.78 is 40.4. The third kappa shape index (κ3) is 5.81. The first kappa shape index (κ1) is 33.4. The third-order valence-corrected chi connectivity index (χ3v) is 9.45. The minimum absolute atomic E-state index is 0.105. The van der Waals surface area contributed by atoms with Crippen LogP contribution in [0.15, 0.2) is 11.6 Å². The van der Waals surface area contributed by atoms with Crippen molar-refractivity contribution in [1.82, 2.24) is 0 Å². The Bertz CT molecular complexity index is 1270. The zero-order valence-electron chi connectivity index (χ0n) is 26.1. The maximum atomic E-state index is 13.1. The molecule has 2 saturated heterocycles. The van der Waals surface area contributed by atoms with Gasteiger partial charge in [0.05, 0.1) is 23.0 Å². The molecule has 0 aromatic heterocycles. The molecule has 2 heterocycles. The molecule has 2 aliphatic heterocycles. The first-order chi connectivity index (χ1) is 20.3. The van der Waals surface area contributed by atoms with Crippen LogP contribution in [0.1, 0.15) is 68.2 Å². The van der Waals surface area contributed by atoms with E-state index in [1.165, 1.54) is 26.8 Å². The number of esters is 6. The highest BCUT2D eigenvalue weighted by molar-refractivity contribution is 5.78. The molecule has 0 aromatic carbocycles. The fraction of sp³-hybridized carbons (Fsp3) is 0.733. The summed E-state index contributed by atoms with van der Waals surface area (Å²) in [6.45, 7) is 10.2. The van der Waals surface area contributed by atoms with Gasteiger partial charge in [-0.1, -0.05) is 6.92 Å². The second-order valence-electron chi connectivity index (χ2n) is 12.4. The van der Waals surface area contributed by atoms with Crippen LogP contribution in [-0.2, 0) is 61.9 Å². The van der Waals surface area contributed by atoms with Crippen LogP contribution in [0.4, 0.5) is 0 Å². The van der Waals surface area contributed by atoms with Crippen molar-refractivity contribution in [2.75, 3.05) is 6.61 Å². The van der Waals surface area contributed by atoms with Gasteiger partial charge in [-0.3, -0.25) is 28.8 Å². The van der Waals surface area contributed by atoms with Gasteiger partial charge in [-0.2, -0.15) is 0 Å². The van der Waals surface area contributed by atoms with Gasteiger partial charge in [0.25, 0.3) is 0 Å². The zero-order valence-corrected chi connectivity index (χ0v) is 26.1. The number of rotatable bonds is 6. The van der Waals surface area contributed by atoms with Gasteiger partial charge in [0.1, 0.15) is 31.0 Å². The van der Waals surface area contributed by atoms with Crippen molar-refractivity contribution in [2.45, 2.75) is 116 Å². The van der Waals surface area contributed by atoms with Crippen molar-refractivity contribution in [3.8, 4) is 0 Å². The Kier molecular flexibility index (Phi) is 8.93. The standard InChI is InChI=1S/C30H40O14/c1-13-27(36)43-24-9-19(12-38-14(2)31)20(39-15(3)32)10-21(40-16(4)33)28(7)22(41-17(5)34)11-23-29(8,44-23)25(28)26(30(13,24)37)42-18(6)35/h9,13,20-26,37H,10-12H2,1-8H3/b19-9-/t13-,20?,21+,22-,23-,24-,25+,26?,28-,29-,30-/m0/s1. The topological polar surface area (TPSA) is 191 Å². The SMILES string of the molecule is CC(=O)OC/C1=C/[C@@H]2OC(=O)[C@H](C)[C@@]2(O)C(OC(C)=O)[C@H]2[C@@]3(C)O[C@H]3C[C@H](OC(C)=O)[C@]2(C)[C@H](OC(C)=O)CC1OC(C)=O. The van der Waals surface area contributed by atoms with E-state index >= 15 is 0 Å². The Labute approximate surface area is 254 Å². The molecular formula is C30H40O14. The summed E-state index contributed by atoms with van der Waals surface area (Å²) in [5.41, 5.74) is -4.77. The van der Waals surface area contributed by atoms with Crippen molar-refractivity contribution in [1.29, 1.82) is 0 Å². The van der Waals surface area contributed by atoms with Gasteiger partial charge in [0.15, 0.2) is 11.7 Å². The Morgan fingerprint density at radius 2 is 1.41 bits per heavy atom. The van der Waals surface area contributed by atoms with E-state index in [1.807, 2.05) is 0 Å². The molecule has 44 heavy (non-hydrogen) atoms. The van der Waals surface area contributed by atoms with Crippen LogP contribution < -0.4 is 0 Å². The molecule has 244 valence electrons. The lowest BCUT2D eigenvalue weighted by atomic mass is 9.53. The molecule has 4 aliphatic rings. The number of fused-ring (bicyclic) bond motifs is 4. The maximum absolute atomic E-state index is 13.1. The van der Waals surface area contributed by atoms with Crippen LogP contribution in [0.2, 0.25) is 0 Å². The maximum Gasteiger partial charge on any atom is 0.312 e. The van der Waals surface area contributed by atoms with Crippen molar-refractivity contribution < 1.29 is 67.0 Å². The lowest BCUT2D eigenvalue weighted by Crippen LogP contribution is -2.69. The Hall–Kier alpha value is -3.52. The molecule has 4 rings (SSSR count). The largest absolute Gasteiger partial charge is 0.462 e. The fourth-order valence-corrected chi connectivity index (χ4v) is 7.37. The molecule has 0 amide bonds. The molecule has 0 spiro atoms. The van der Waals surface area contributed by atoms with Gasteiger partial charge in [0.2, 0.25) is 0 Å². The summed E-state index contributed by atoms with van der Waals surface area (Å²) in [6.07, 6.45) is -5.80. The van der Waals surface area contributed by atoms with Gasteiger partial charge in [-0.25, -0.2) is 0 Å². The monoisotopic (exact) mass is 624 g/mol. The normalized spacial score (nSPS) is 42.0. The van der Waals surface area contributed by atoms with E-state index in [0.29, 0.717) is 0 Å². The number of aliphatic hydroxyl groups is 1. The van der Waals surface area contributed by atoms with Crippen LogP contribution >= 0.6 is 0 Å². The van der Waals surface area contributed by atoms with E-state index in [0.717, 1.165) is 20.8 Å². The predicted octanol–water partition coefficient (Wildman–Crippen LogP) is 1.08. The lowest BCUT2D eigenvalue weighted by molar-refractivity contribution is -0.235. The molecular weight excluding hydrogens is 584 g/mol. The Morgan fingerprint density at radius 1 is 0.864 bits per heavy atom. The summed E-state index contributed by atoms with van der Waals surface area (Å²) in [7, 11) is 0. The van der Waals surface area contributed by atoms with E-state index in [-0.39, 0.29) is 18.4 Å². The highest BCUT2D eigenvalue weighted by atomic mass is 16.6. The Balaban J connectivity index is 2.08. The number of hydrogen-bond donors (Lipinski definition) is 1. The van der Waals surface area contributed by atoms with E-state index in [1.54, 1.807) is 13.8 Å². The van der Waals surface area contributed by atoms with Crippen molar-refractivity contribution >= 4 is 35.8 Å². The molecule has 2 aliphatic carbocycles. The molecule has 2 unspecified atom stereocenters. The summed E-state index contributed by atoms with van der Waals surface area (Å²) in [5, 5.41) is 12.6. The molecule has 0 bridgehead atoms. The summed E-state index contributed by atoms with van der Waals surface area (Å²) in [4.78, 5) is 75.2.